The molecule has 9 nitrogen and oxygen atoms in total. The molecule has 1 heterocycles. The number of hydrogen-bond acceptors (Lipinski definition) is 8. The topological polar surface area (TPSA) is 118 Å². The number of aliphatic imine (C=N–C) groups is 1. The van der Waals surface area contributed by atoms with Gasteiger partial charge in [0.05, 0.1) is 33.3 Å². The largest absolute Gasteiger partial charge is 0.493 e. The number of carbonyl (C=O) groups excluding carboxylic acids is 1. The summed E-state index contributed by atoms with van der Waals surface area (Å²) < 4.78 is 16.4. The monoisotopic (exact) mass is 485 g/mol. The van der Waals surface area contributed by atoms with Gasteiger partial charge in [0.15, 0.2) is 16.7 Å². The van der Waals surface area contributed by atoms with Gasteiger partial charge in [0.1, 0.15) is 6.04 Å². The van der Waals surface area contributed by atoms with Crippen LogP contribution < -0.4 is 24.8 Å². The van der Waals surface area contributed by atoms with Crippen molar-refractivity contribution in [3.63, 3.8) is 0 Å². The van der Waals surface area contributed by atoms with Gasteiger partial charge in [-0.3, -0.25) is 9.59 Å². The Bertz CT molecular complexity index is 1090. The Morgan fingerprint density at radius 2 is 1.74 bits per heavy atom. The predicted molar refractivity (Wildman–Crippen MR) is 132 cm³/mol. The van der Waals surface area contributed by atoms with Crippen molar-refractivity contribution >= 4 is 34.5 Å². The molecule has 34 heavy (non-hydrogen) atoms. The van der Waals surface area contributed by atoms with E-state index in [0.717, 1.165) is 0 Å². The number of benzene rings is 2. The number of aliphatic carboxylic acids is 1. The standard InChI is InChI=1S/C24H27N3O6S/c1-14-20(23(30)26-16-8-6-5-7-9-16)21(27-24(25-14)34-11-10-19(28)29)15-12-17(31-2)22(33-4)18(13-15)32-3/h5-9,12-13,21H,10-11H2,1-4H3,(H,25,27)(H,26,30)(H,28,29)/t21-/m0/s1. The third kappa shape index (κ3) is 5.82. The lowest BCUT2D eigenvalue weighted by molar-refractivity contribution is -0.136. The zero-order chi connectivity index (χ0) is 24.7. The third-order valence-electron chi connectivity index (χ3n) is 5.05. The summed E-state index contributed by atoms with van der Waals surface area (Å²) in [6, 6.07) is 12.0. The van der Waals surface area contributed by atoms with Gasteiger partial charge in [0.25, 0.3) is 5.91 Å². The van der Waals surface area contributed by atoms with Gasteiger partial charge in [-0.05, 0) is 36.8 Å². The minimum absolute atomic E-state index is 0.00960. The van der Waals surface area contributed by atoms with Crippen LogP contribution in [-0.2, 0) is 9.59 Å². The number of hydrogen-bond donors (Lipinski definition) is 3. The number of ether oxygens (including phenoxy) is 3. The van der Waals surface area contributed by atoms with Crippen LogP contribution in [0.1, 0.15) is 24.9 Å². The van der Waals surface area contributed by atoms with E-state index in [-0.39, 0.29) is 12.3 Å². The summed E-state index contributed by atoms with van der Waals surface area (Å²) in [7, 11) is 4.55. The Kier molecular flexibility index (Phi) is 8.42. The van der Waals surface area contributed by atoms with Gasteiger partial charge in [0, 0.05) is 17.1 Å². The van der Waals surface area contributed by atoms with E-state index in [4.69, 9.17) is 24.3 Å². The molecule has 1 aliphatic heterocycles. The van der Waals surface area contributed by atoms with Gasteiger partial charge in [-0.25, -0.2) is 4.99 Å². The van der Waals surface area contributed by atoms with E-state index in [1.807, 2.05) is 18.2 Å². The number of anilines is 1. The molecule has 1 aliphatic rings. The molecule has 0 bridgehead atoms. The fourth-order valence-corrected chi connectivity index (χ4v) is 4.35. The Labute approximate surface area is 202 Å². The van der Waals surface area contributed by atoms with Gasteiger partial charge >= 0.3 is 5.97 Å². The second-order valence-electron chi connectivity index (χ2n) is 7.27. The van der Waals surface area contributed by atoms with Crippen LogP contribution in [0.2, 0.25) is 0 Å². The smallest absolute Gasteiger partial charge is 0.304 e. The zero-order valence-corrected chi connectivity index (χ0v) is 20.2. The summed E-state index contributed by atoms with van der Waals surface area (Å²) in [6.45, 7) is 1.79. The van der Waals surface area contributed by atoms with Gasteiger partial charge in [0.2, 0.25) is 5.75 Å². The summed E-state index contributed by atoms with van der Waals surface area (Å²) in [5.74, 6) is 0.437. The van der Waals surface area contributed by atoms with E-state index in [2.05, 4.69) is 10.6 Å². The number of para-hydroxylation sites is 1. The van der Waals surface area contributed by atoms with E-state index in [1.165, 1.54) is 33.1 Å². The van der Waals surface area contributed by atoms with Crippen LogP contribution in [-0.4, -0.2) is 49.2 Å². The summed E-state index contributed by atoms with van der Waals surface area (Å²) in [6.07, 6.45) is -0.00960. The first kappa shape index (κ1) is 25.0. The predicted octanol–water partition coefficient (Wildman–Crippen LogP) is 3.83. The molecule has 0 radical (unpaired) electrons. The van der Waals surface area contributed by atoms with Crippen LogP contribution in [0.4, 0.5) is 5.69 Å². The van der Waals surface area contributed by atoms with Crippen molar-refractivity contribution in [2.24, 2.45) is 4.99 Å². The third-order valence-corrected chi connectivity index (χ3v) is 5.94. The average molecular weight is 486 g/mol. The van der Waals surface area contributed by atoms with E-state index in [9.17, 15) is 9.59 Å². The van der Waals surface area contributed by atoms with Crippen molar-refractivity contribution in [1.29, 1.82) is 0 Å². The highest BCUT2D eigenvalue weighted by Crippen LogP contribution is 2.43. The van der Waals surface area contributed by atoms with Crippen LogP contribution in [0.5, 0.6) is 17.2 Å². The average Bonchev–Trinajstić information content (AvgIpc) is 2.82. The van der Waals surface area contributed by atoms with Gasteiger partial charge in [-0.1, -0.05) is 30.0 Å². The summed E-state index contributed by atoms with van der Waals surface area (Å²) >= 11 is 1.28. The van der Waals surface area contributed by atoms with Crippen molar-refractivity contribution in [1.82, 2.24) is 5.32 Å². The summed E-state index contributed by atoms with van der Waals surface area (Å²) in [5, 5.41) is 15.5. The fourth-order valence-electron chi connectivity index (χ4n) is 3.47. The molecule has 0 spiro atoms. The molecule has 0 aliphatic carbocycles. The SMILES string of the molecule is COc1cc([C@@H]2N=C(SCCC(=O)O)NC(C)=C2C(=O)Nc2ccccc2)cc(OC)c1OC. The highest BCUT2D eigenvalue weighted by Gasteiger charge is 2.31. The molecular weight excluding hydrogens is 458 g/mol. The molecule has 10 heteroatoms. The fraction of sp³-hybridized carbons (Fsp3) is 0.292. The van der Waals surface area contributed by atoms with Crippen LogP contribution in [0.3, 0.4) is 0 Å². The molecule has 0 fully saturated rings. The normalized spacial score (nSPS) is 15.2. The highest BCUT2D eigenvalue weighted by molar-refractivity contribution is 8.13. The minimum Gasteiger partial charge on any atom is -0.493 e. The first-order valence-electron chi connectivity index (χ1n) is 10.4. The number of amides is 1. The van der Waals surface area contributed by atoms with Crippen LogP contribution in [0, 0.1) is 0 Å². The van der Waals surface area contributed by atoms with Crippen molar-refractivity contribution in [3.8, 4) is 17.2 Å². The molecule has 2 aromatic rings. The first-order chi connectivity index (χ1) is 16.4. The molecule has 3 rings (SSSR count). The van der Waals surface area contributed by atoms with E-state index >= 15 is 0 Å². The Balaban J connectivity index is 2.04. The number of methoxy groups -OCH3 is 3. The van der Waals surface area contributed by atoms with E-state index in [1.54, 1.807) is 31.2 Å². The Morgan fingerprint density at radius 1 is 1.09 bits per heavy atom. The summed E-state index contributed by atoms with van der Waals surface area (Å²) in [4.78, 5) is 29.0. The molecule has 0 aromatic heterocycles. The molecule has 3 N–H and O–H groups in total. The van der Waals surface area contributed by atoms with Crippen LogP contribution in [0.15, 0.2) is 58.7 Å². The molecule has 180 valence electrons. The molecule has 1 atom stereocenters. The molecule has 0 saturated carbocycles. The van der Waals surface area contributed by atoms with Crippen LogP contribution >= 0.6 is 11.8 Å². The maximum atomic E-state index is 13.4. The number of carbonyl (C=O) groups is 2. The maximum absolute atomic E-state index is 13.4. The van der Waals surface area contributed by atoms with Crippen molar-refractivity contribution < 1.29 is 28.9 Å². The van der Waals surface area contributed by atoms with Crippen molar-refractivity contribution in [2.75, 3.05) is 32.4 Å². The maximum Gasteiger partial charge on any atom is 0.304 e. The molecular formula is C24H27N3O6S. The number of thioether (sulfide) groups is 1. The number of amidine groups is 1. The number of carboxylic acids is 1. The van der Waals surface area contributed by atoms with E-state index in [0.29, 0.717) is 50.7 Å². The number of carboxylic acid groups (broad SMARTS) is 1. The van der Waals surface area contributed by atoms with Crippen molar-refractivity contribution in [2.45, 2.75) is 19.4 Å². The molecule has 1 amide bonds. The Morgan fingerprint density at radius 3 is 2.29 bits per heavy atom. The molecule has 0 unspecified atom stereocenters. The molecule has 2 aromatic carbocycles. The van der Waals surface area contributed by atoms with Gasteiger partial charge in [-0.15, -0.1) is 0 Å². The summed E-state index contributed by atoms with van der Waals surface area (Å²) in [5.41, 5.74) is 2.34. The number of allylic oxidation sites excluding steroid dienone is 1. The first-order valence-corrected chi connectivity index (χ1v) is 11.4. The second-order valence-corrected chi connectivity index (χ2v) is 8.36. The van der Waals surface area contributed by atoms with E-state index < -0.39 is 12.0 Å². The second kappa shape index (κ2) is 11.5. The number of rotatable bonds is 9. The Hall–Kier alpha value is -3.66. The lowest BCUT2D eigenvalue weighted by atomic mass is 9.95. The lowest BCUT2D eigenvalue weighted by Gasteiger charge is -2.27. The van der Waals surface area contributed by atoms with Gasteiger partial charge < -0.3 is 30.0 Å². The minimum atomic E-state index is -0.889. The highest BCUT2D eigenvalue weighted by atomic mass is 32.2. The molecule has 0 saturated heterocycles. The lowest BCUT2D eigenvalue weighted by Crippen LogP contribution is -2.32. The number of nitrogens with zero attached hydrogens (tertiary/aromatic N) is 1. The number of nitrogens with one attached hydrogen (secondary N) is 2. The van der Waals surface area contributed by atoms with Gasteiger partial charge in [-0.2, -0.15) is 0 Å². The van der Waals surface area contributed by atoms with Crippen molar-refractivity contribution in [3.05, 3.63) is 59.3 Å². The zero-order valence-electron chi connectivity index (χ0n) is 19.4. The van der Waals surface area contributed by atoms with Crippen LogP contribution in [0.25, 0.3) is 0 Å². The quantitative estimate of drug-likeness (QED) is 0.490.